The molecule has 1 fully saturated rings. The summed E-state index contributed by atoms with van der Waals surface area (Å²) in [6.07, 6.45) is 5.74. The number of benzene rings is 1. The lowest BCUT2D eigenvalue weighted by atomic mass is 9.96. The quantitative estimate of drug-likeness (QED) is 0.345. The number of amides is 2. The van der Waals surface area contributed by atoms with Crippen molar-refractivity contribution in [2.75, 3.05) is 11.9 Å². The van der Waals surface area contributed by atoms with Gasteiger partial charge < -0.3 is 16.3 Å². The van der Waals surface area contributed by atoms with Crippen LogP contribution in [0.5, 0.6) is 0 Å². The van der Waals surface area contributed by atoms with Crippen molar-refractivity contribution in [2.24, 2.45) is 10.9 Å². The molecule has 0 aromatic heterocycles. The Kier molecular flexibility index (Phi) is 5.03. The van der Waals surface area contributed by atoms with Crippen LogP contribution in [0.4, 0.5) is 10.5 Å². The molecule has 0 aliphatic heterocycles. The number of anilines is 1. The van der Waals surface area contributed by atoms with Gasteiger partial charge in [0.05, 0.1) is 0 Å². The Morgan fingerprint density at radius 3 is 2.48 bits per heavy atom. The highest BCUT2D eigenvalue weighted by Gasteiger charge is 2.18. The van der Waals surface area contributed by atoms with E-state index in [1.807, 2.05) is 0 Å². The van der Waals surface area contributed by atoms with Crippen molar-refractivity contribution in [1.29, 1.82) is 0 Å². The third-order valence-electron chi connectivity index (χ3n) is 3.90. The van der Waals surface area contributed by atoms with Crippen LogP contribution in [0.1, 0.15) is 37.7 Å². The summed E-state index contributed by atoms with van der Waals surface area (Å²) in [7, 11) is 1.73. The lowest BCUT2D eigenvalue weighted by molar-refractivity contribution is 0.239. The third-order valence-corrected chi connectivity index (χ3v) is 3.90. The second-order valence-electron chi connectivity index (χ2n) is 5.38. The molecule has 0 unspecified atom stereocenters. The summed E-state index contributed by atoms with van der Waals surface area (Å²) in [4.78, 5) is 13.8. The first kappa shape index (κ1) is 15.2. The van der Waals surface area contributed by atoms with Crippen LogP contribution in [0.15, 0.2) is 29.4 Å². The zero-order valence-corrected chi connectivity index (χ0v) is 12.2. The average molecular weight is 290 g/mol. The number of rotatable bonds is 3. The first-order chi connectivity index (χ1) is 10.1. The molecule has 0 radical (unpaired) electrons. The number of nitrogens with one attached hydrogen (secondary N) is 1. The number of nitrogens with two attached hydrogens (primary N) is 1. The second kappa shape index (κ2) is 6.97. The molecule has 0 saturated heterocycles. The average Bonchev–Trinajstić information content (AvgIpc) is 2.54. The minimum absolute atomic E-state index is 0.0517. The smallest absolute Gasteiger partial charge is 0.321 e. The summed E-state index contributed by atoms with van der Waals surface area (Å²) in [5.74, 6) is 0.0517. The van der Waals surface area contributed by atoms with Gasteiger partial charge in [-0.3, -0.25) is 4.90 Å². The molecule has 114 valence electrons. The molecular formula is C15H22N4O2. The summed E-state index contributed by atoms with van der Waals surface area (Å²) in [6, 6.07) is 7.16. The van der Waals surface area contributed by atoms with E-state index < -0.39 is 0 Å². The first-order valence-corrected chi connectivity index (χ1v) is 7.24. The molecule has 0 heterocycles. The summed E-state index contributed by atoms with van der Waals surface area (Å²) in [6.45, 7) is 0. The lowest BCUT2D eigenvalue weighted by Crippen LogP contribution is -2.43. The minimum atomic E-state index is -0.0987. The molecule has 6 heteroatoms. The minimum Gasteiger partial charge on any atom is -0.409 e. The van der Waals surface area contributed by atoms with Crippen LogP contribution in [-0.2, 0) is 0 Å². The molecule has 0 spiro atoms. The number of carbonyl (C=O) groups excluding carboxylic acids is 1. The molecule has 1 aromatic carbocycles. The van der Waals surface area contributed by atoms with Gasteiger partial charge in [-0.1, -0.05) is 24.4 Å². The van der Waals surface area contributed by atoms with Crippen LogP contribution in [0, 0.1) is 0 Å². The van der Waals surface area contributed by atoms with Crippen molar-refractivity contribution in [3.8, 4) is 0 Å². The Hall–Kier alpha value is -2.24. The van der Waals surface area contributed by atoms with Crippen LogP contribution in [0.25, 0.3) is 0 Å². The van der Waals surface area contributed by atoms with Gasteiger partial charge >= 0.3 is 6.03 Å². The van der Waals surface area contributed by atoms with Gasteiger partial charge in [0.15, 0.2) is 5.84 Å². The highest BCUT2D eigenvalue weighted by Crippen LogP contribution is 2.19. The van der Waals surface area contributed by atoms with Gasteiger partial charge in [-0.05, 0) is 37.1 Å². The molecule has 1 aromatic rings. The highest BCUT2D eigenvalue weighted by molar-refractivity contribution is 5.98. The number of carbonyl (C=O) groups is 1. The van der Waals surface area contributed by atoms with Gasteiger partial charge in [0.25, 0.3) is 0 Å². The molecule has 21 heavy (non-hydrogen) atoms. The highest BCUT2D eigenvalue weighted by atomic mass is 16.4. The Morgan fingerprint density at radius 2 is 1.90 bits per heavy atom. The first-order valence-electron chi connectivity index (χ1n) is 7.24. The van der Waals surface area contributed by atoms with E-state index in [1.54, 1.807) is 36.2 Å². The summed E-state index contributed by atoms with van der Waals surface area (Å²) in [5, 5.41) is 14.6. The third kappa shape index (κ3) is 3.87. The Balaban J connectivity index is 1.98. The predicted molar refractivity (Wildman–Crippen MR) is 82.8 cm³/mol. The monoisotopic (exact) mass is 290 g/mol. The van der Waals surface area contributed by atoms with E-state index >= 15 is 0 Å². The van der Waals surface area contributed by atoms with Crippen molar-refractivity contribution < 1.29 is 10.0 Å². The van der Waals surface area contributed by atoms with Gasteiger partial charge in [0.2, 0.25) is 0 Å². The molecule has 0 bridgehead atoms. The number of hydrogen-bond acceptors (Lipinski definition) is 3. The van der Waals surface area contributed by atoms with Crippen LogP contribution < -0.4 is 16.0 Å². The van der Waals surface area contributed by atoms with Crippen molar-refractivity contribution >= 4 is 17.6 Å². The molecule has 1 aliphatic carbocycles. The number of urea groups is 1. The lowest BCUT2D eigenvalue weighted by Gasteiger charge is -2.26. The maximum absolute atomic E-state index is 12.2. The molecule has 0 atom stereocenters. The summed E-state index contributed by atoms with van der Waals surface area (Å²) >= 11 is 0. The molecular weight excluding hydrogens is 268 g/mol. The number of nitrogens with zero attached hydrogens (tertiary/aromatic N) is 2. The topological polar surface area (TPSA) is 91.0 Å². The van der Waals surface area contributed by atoms with Gasteiger partial charge in [0, 0.05) is 24.3 Å². The van der Waals surface area contributed by atoms with E-state index in [0.717, 1.165) is 18.5 Å². The Bertz CT molecular complexity index is 507. The molecule has 6 nitrogen and oxygen atoms in total. The number of amidine groups is 1. The molecule has 2 amide bonds. The van der Waals surface area contributed by atoms with Crippen molar-refractivity contribution in [1.82, 2.24) is 5.32 Å². The fourth-order valence-electron chi connectivity index (χ4n) is 2.55. The van der Waals surface area contributed by atoms with Crippen molar-refractivity contribution in [3.63, 3.8) is 0 Å². The van der Waals surface area contributed by atoms with Crippen LogP contribution in [0.2, 0.25) is 0 Å². The largest absolute Gasteiger partial charge is 0.409 e. The number of hydrogen-bond donors (Lipinski definition) is 3. The molecule has 4 N–H and O–H groups in total. The predicted octanol–water partition coefficient (Wildman–Crippen LogP) is 2.26. The standard InChI is InChI=1S/C15H22N4O2/c1-19(15(20)17-12-5-3-2-4-6-12)13-9-7-11(8-10-13)14(16)18-21/h7-10,12,21H,2-6H2,1H3,(H2,16,18)(H,17,20). The molecule has 1 saturated carbocycles. The second-order valence-corrected chi connectivity index (χ2v) is 5.38. The van der Waals surface area contributed by atoms with E-state index in [2.05, 4.69) is 10.5 Å². The fraction of sp³-hybridized carbons (Fsp3) is 0.467. The van der Waals surface area contributed by atoms with Crippen molar-refractivity contribution in [3.05, 3.63) is 29.8 Å². The summed E-state index contributed by atoms with van der Waals surface area (Å²) < 4.78 is 0. The van der Waals surface area contributed by atoms with Crippen LogP contribution in [-0.4, -0.2) is 30.2 Å². The van der Waals surface area contributed by atoms with Gasteiger partial charge in [-0.15, -0.1) is 0 Å². The Morgan fingerprint density at radius 1 is 1.29 bits per heavy atom. The SMILES string of the molecule is CN(C(=O)NC1CCCCC1)c1ccc(C(N)=NO)cc1. The van der Waals surface area contributed by atoms with Crippen molar-refractivity contribution in [2.45, 2.75) is 38.1 Å². The van der Waals surface area contributed by atoms with E-state index in [9.17, 15) is 4.79 Å². The molecule has 2 rings (SSSR count). The summed E-state index contributed by atoms with van der Waals surface area (Å²) in [5.41, 5.74) is 6.89. The normalized spacial score (nSPS) is 16.5. The van der Waals surface area contributed by atoms with Gasteiger partial charge in [0.1, 0.15) is 0 Å². The molecule has 1 aliphatic rings. The fourth-order valence-corrected chi connectivity index (χ4v) is 2.55. The number of oxime groups is 1. The van der Waals surface area contributed by atoms with Gasteiger partial charge in [-0.2, -0.15) is 0 Å². The van der Waals surface area contributed by atoms with Gasteiger partial charge in [-0.25, -0.2) is 4.79 Å². The van der Waals surface area contributed by atoms with Crippen LogP contribution in [0.3, 0.4) is 0 Å². The van der Waals surface area contributed by atoms with E-state index in [0.29, 0.717) is 5.56 Å². The maximum atomic E-state index is 12.2. The zero-order valence-electron chi connectivity index (χ0n) is 12.2. The maximum Gasteiger partial charge on any atom is 0.321 e. The zero-order chi connectivity index (χ0) is 15.2. The Labute approximate surface area is 124 Å². The van der Waals surface area contributed by atoms with E-state index in [-0.39, 0.29) is 17.9 Å². The van der Waals surface area contributed by atoms with Crippen LogP contribution >= 0.6 is 0 Å². The van der Waals surface area contributed by atoms with E-state index in [4.69, 9.17) is 10.9 Å². The van der Waals surface area contributed by atoms with E-state index in [1.165, 1.54) is 19.3 Å².